The van der Waals surface area contributed by atoms with E-state index in [1.165, 1.54) is 24.6 Å². The molecule has 2 heterocycles. The molecule has 0 bridgehead atoms. The van der Waals surface area contributed by atoms with Gasteiger partial charge in [-0.05, 0) is 26.7 Å². The second-order valence-corrected chi connectivity index (χ2v) is 5.96. The highest BCUT2D eigenvalue weighted by molar-refractivity contribution is 6.99. The molecular formula is C13H18N6OS. The topological polar surface area (TPSA) is 85.6 Å². The Kier molecular flexibility index (Phi) is 3.96. The third-order valence-corrected chi connectivity index (χ3v) is 4.59. The van der Waals surface area contributed by atoms with Gasteiger partial charge in [-0.25, -0.2) is 4.68 Å². The normalized spacial score (nSPS) is 15.5. The molecule has 1 saturated carbocycles. The number of amides is 1. The van der Waals surface area contributed by atoms with E-state index in [0.29, 0.717) is 12.2 Å². The van der Waals surface area contributed by atoms with Crippen molar-refractivity contribution >= 4 is 17.6 Å². The minimum atomic E-state index is -0.126. The van der Waals surface area contributed by atoms with Crippen LogP contribution >= 0.6 is 11.7 Å². The van der Waals surface area contributed by atoms with E-state index in [2.05, 4.69) is 24.4 Å². The van der Waals surface area contributed by atoms with Crippen LogP contribution in [0.1, 0.15) is 53.3 Å². The van der Waals surface area contributed by atoms with Gasteiger partial charge in [-0.1, -0.05) is 18.1 Å². The zero-order valence-corrected chi connectivity index (χ0v) is 13.0. The summed E-state index contributed by atoms with van der Waals surface area (Å²) in [6.07, 6.45) is 4.49. The van der Waals surface area contributed by atoms with Crippen LogP contribution in [0.2, 0.25) is 0 Å². The number of carbonyl (C=O) groups is 1. The van der Waals surface area contributed by atoms with Gasteiger partial charge in [0.25, 0.3) is 5.91 Å². The van der Waals surface area contributed by atoms with Crippen molar-refractivity contribution in [2.45, 2.75) is 52.1 Å². The highest BCUT2D eigenvalue weighted by Gasteiger charge is 2.22. The summed E-state index contributed by atoms with van der Waals surface area (Å²) in [7, 11) is 0. The monoisotopic (exact) mass is 306 g/mol. The van der Waals surface area contributed by atoms with E-state index in [1.807, 2.05) is 13.8 Å². The van der Waals surface area contributed by atoms with E-state index in [-0.39, 0.29) is 11.9 Å². The summed E-state index contributed by atoms with van der Waals surface area (Å²) in [6, 6.07) is 0.284. The van der Waals surface area contributed by atoms with Crippen LogP contribution in [-0.2, 0) is 6.54 Å². The number of nitrogens with zero attached hydrogens (tertiary/aromatic N) is 5. The quantitative estimate of drug-likeness (QED) is 0.924. The molecule has 2 aromatic heterocycles. The summed E-state index contributed by atoms with van der Waals surface area (Å²) >= 11 is 1.18. The minimum Gasteiger partial charge on any atom is -0.348 e. The molecule has 1 N–H and O–H groups in total. The third-order valence-electron chi connectivity index (χ3n) is 3.93. The lowest BCUT2D eigenvalue weighted by Gasteiger charge is -2.10. The fourth-order valence-corrected chi connectivity index (χ4v) is 3.14. The van der Waals surface area contributed by atoms with Gasteiger partial charge in [0.1, 0.15) is 0 Å². The van der Waals surface area contributed by atoms with Crippen LogP contribution in [0.25, 0.3) is 0 Å². The molecule has 1 aliphatic rings. The number of hydrogen-bond acceptors (Lipinski definition) is 6. The molecule has 21 heavy (non-hydrogen) atoms. The SMILES string of the molecule is Cc1nsnc1Cn1nnc(C(=O)NC2CCCC2)c1C. The standard InChI is InChI=1S/C13H18N6OS/c1-8-11(17-21-16-8)7-19-9(2)12(15-18-19)13(20)14-10-5-3-4-6-10/h10H,3-7H2,1-2H3,(H,14,20). The van der Waals surface area contributed by atoms with Gasteiger partial charge < -0.3 is 5.32 Å². The van der Waals surface area contributed by atoms with E-state index < -0.39 is 0 Å². The number of aromatic nitrogens is 5. The molecule has 2 aromatic rings. The van der Waals surface area contributed by atoms with Crippen LogP contribution in [0.4, 0.5) is 0 Å². The lowest BCUT2D eigenvalue weighted by molar-refractivity contribution is 0.0932. The fourth-order valence-electron chi connectivity index (χ4n) is 2.58. The van der Waals surface area contributed by atoms with Gasteiger partial charge in [0.05, 0.1) is 35.4 Å². The lowest BCUT2D eigenvalue weighted by atomic mass is 10.2. The first-order valence-corrected chi connectivity index (χ1v) is 7.87. The van der Waals surface area contributed by atoms with Crippen molar-refractivity contribution < 1.29 is 4.79 Å². The molecule has 0 aliphatic heterocycles. The Morgan fingerprint density at radius 1 is 1.33 bits per heavy atom. The largest absolute Gasteiger partial charge is 0.348 e. The molecule has 112 valence electrons. The molecule has 0 saturated heterocycles. The Morgan fingerprint density at radius 2 is 2.10 bits per heavy atom. The Hall–Kier alpha value is -1.83. The fraction of sp³-hybridized carbons (Fsp3) is 0.615. The Balaban J connectivity index is 1.72. The number of carbonyl (C=O) groups excluding carboxylic acids is 1. The van der Waals surface area contributed by atoms with Gasteiger partial charge in [-0.3, -0.25) is 4.79 Å². The van der Waals surface area contributed by atoms with Crippen LogP contribution in [0, 0.1) is 13.8 Å². The van der Waals surface area contributed by atoms with E-state index in [4.69, 9.17) is 0 Å². The van der Waals surface area contributed by atoms with Crippen molar-refractivity contribution in [3.63, 3.8) is 0 Å². The van der Waals surface area contributed by atoms with Crippen molar-refractivity contribution in [1.29, 1.82) is 0 Å². The Labute approximate surface area is 127 Å². The average Bonchev–Trinajstić information content (AvgIpc) is 3.16. The van der Waals surface area contributed by atoms with E-state index in [1.54, 1.807) is 4.68 Å². The molecule has 1 amide bonds. The van der Waals surface area contributed by atoms with Gasteiger partial charge in [0.15, 0.2) is 5.69 Å². The molecule has 7 nitrogen and oxygen atoms in total. The van der Waals surface area contributed by atoms with Gasteiger partial charge in [0, 0.05) is 6.04 Å². The molecule has 1 aliphatic carbocycles. The van der Waals surface area contributed by atoms with Crippen LogP contribution in [0.3, 0.4) is 0 Å². The predicted octanol–water partition coefficient (Wildman–Crippen LogP) is 1.47. The van der Waals surface area contributed by atoms with Gasteiger partial charge in [0.2, 0.25) is 0 Å². The number of rotatable bonds is 4. The zero-order valence-electron chi connectivity index (χ0n) is 12.2. The summed E-state index contributed by atoms with van der Waals surface area (Å²) in [4.78, 5) is 12.3. The van der Waals surface area contributed by atoms with Crippen molar-refractivity contribution in [1.82, 2.24) is 29.1 Å². The number of nitrogens with one attached hydrogen (secondary N) is 1. The van der Waals surface area contributed by atoms with Crippen LogP contribution in [0.5, 0.6) is 0 Å². The molecule has 1 fully saturated rings. The highest BCUT2D eigenvalue weighted by atomic mass is 32.1. The molecule has 0 atom stereocenters. The van der Waals surface area contributed by atoms with Crippen LogP contribution in [0.15, 0.2) is 0 Å². The van der Waals surface area contributed by atoms with Gasteiger partial charge >= 0.3 is 0 Å². The summed E-state index contributed by atoms with van der Waals surface area (Å²) < 4.78 is 10.1. The first-order chi connectivity index (χ1) is 10.1. The van der Waals surface area contributed by atoms with Gasteiger partial charge in [-0.2, -0.15) is 8.75 Å². The number of aryl methyl sites for hydroxylation is 1. The molecule has 8 heteroatoms. The predicted molar refractivity (Wildman–Crippen MR) is 78.2 cm³/mol. The summed E-state index contributed by atoms with van der Waals surface area (Å²) in [5.74, 6) is -0.126. The molecule has 0 spiro atoms. The first kappa shape index (κ1) is 14.1. The second-order valence-electron chi connectivity index (χ2n) is 5.43. The van der Waals surface area contributed by atoms with E-state index in [9.17, 15) is 4.79 Å². The summed E-state index contributed by atoms with van der Waals surface area (Å²) in [6.45, 7) is 4.27. The maximum Gasteiger partial charge on any atom is 0.273 e. The van der Waals surface area contributed by atoms with Crippen molar-refractivity contribution in [2.24, 2.45) is 0 Å². The second kappa shape index (κ2) is 5.88. The van der Waals surface area contributed by atoms with Crippen molar-refractivity contribution in [3.05, 3.63) is 22.8 Å². The van der Waals surface area contributed by atoms with Crippen LogP contribution < -0.4 is 5.32 Å². The lowest BCUT2D eigenvalue weighted by Crippen LogP contribution is -2.33. The number of hydrogen-bond donors (Lipinski definition) is 1. The van der Waals surface area contributed by atoms with Gasteiger partial charge in [-0.15, -0.1) is 5.10 Å². The van der Waals surface area contributed by atoms with Crippen molar-refractivity contribution in [3.8, 4) is 0 Å². The van der Waals surface area contributed by atoms with Crippen molar-refractivity contribution in [2.75, 3.05) is 0 Å². The highest BCUT2D eigenvalue weighted by Crippen LogP contribution is 2.18. The van der Waals surface area contributed by atoms with E-state index in [0.717, 1.165) is 29.9 Å². The maximum atomic E-state index is 12.3. The van der Waals surface area contributed by atoms with Crippen LogP contribution in [-0.4, -0.2) is 35.7 Å². The Morgan fingerprint density at radius 3 is 2.76 bits per heavy atom. The smallest absolute Gasteiger partial charge is 0.273 e. The zero-order chi connectivity index (χ0) is 14.8. The molecule has 0 radical (unpaired) electrons. The summed E-state index contributed by atoms with van der Waals surface area (Å²) in [5, 5.41) is 11.1. The minimum absolute atomic E-state index is 0.126. The van der Waals surface area contributed by atoms with E-state index >= 15 is 0 Å². The summed E-state index contributed by atoms with van der Waals surface area (Å²) in [5.41, 5.74) is 2.93. The molecule has 3 rings (SSSR count). The third kappa shape index (κ3) is 2.94. The maximum absolute atomic E-state index is 12.3. The first-order valence-electron chi connectivity index (χ1n) is 7.14. The molecule has 0 aromatic carbocycles. The molecule has 0 unspecified atom stereocenters. The average molecular weight is 306 g/mol. The Bertz CT molecular complexity index is 643. The molecular weight excluding hydrogens is 288 g/mol.